The standard InChI is InChI=1S/C26H28N2O7/c1-17-13-21(27-14-17)24(30)35-18(2)23(28-26(32)34-15-19-9-5-3-6-10-19)25(31)33-16-22(29)20-11-7-4-8-12-20/h3-12,17,21,23,27H,2,13-16H2,1H3,(H,28,32)/t17-,21-,23+/m1/s1. The van der Waals surface area contributed by atoms with Gasteiger partial charge >= 0.3 is 18.0 Å². The number of carbonyl (C=O) groups excluding carboxylic acids is 4. The summed E-state index contributed by atoms with van der Waals surface area (Å²) in [6.07, 6.45) is -0.380. The van der Waals surface area contributed by atoms with E-state index < -0.39 is 42.5 Å². The molecule has 0 bridgehead atoms. The Bertz CT molecular complexity index is 1060. The van der Waals surface area contributed by atoms with Crippen molar-refractivity contribution >= 4 is 23.8 Å². The first-order chi connectivity index (χ1) is 16.8. The highest BCUT2D eigenvalue weighted by Gasteiger charge is 2.33. The minimum atomic E-state index is -1.57. The van der Waals surface area contributed by atoms with Crippen molar-refractivity contribution < 1.29 is 33.4 Å². The molecule has 2 N–H and O–H groups in total. The molecule has 1 fully saturated rings. The summed E-state index contributed by atoms with van der Waals surface area (Å²) < 4.78 is 15.5. The Labute approximate surface area is 203 Å². The SMILES string of the molecule is C=C(OC(=O)[C@H]1C[C@@H](C)CN1)[C@H](NC(=O)OCc1ccccc1)C(=O)OCC(=O)c1ccccc1. The van der Waals surface area contributed by atoms with Crippen LogP contribution in [0, 0.1) is 5.92 Å². The summed E-state index contributed by atoms with van der Waals surface area (Å²) in [4.78, 5) is 49.9. The van der Waals surface area contributed by atoms with Gasteiger partial charge in [0.15, 0.2) is 18.4 Å². The third-order valence-electron chi connectivity index (χ3n) is 5.34. The predicted octanol–water partition coefficient (Wildman–Crippen LogP) is 2.76. The van der Waals surface area contributed by atoms with Gasteiger partial charge in [-0.1, -0.05) is 74.2 Å². The monoisotopic (exact) mass is 480 g/mol. The van der Waals surface area contributed by atoms with Crippen molar-refractivity contribution in [1.82, 2.24) is 10.6 Å². The van der Waals surface area contributed by atoms with E-state index in [0.29, 0.717) is 18.5 Å². The van der Waals surface area contributed by atoms with E-state index in [1.54, 1.807) is 54.6 Å². The molecule has 1 aliphatic rings. The molecular weight excluding hydrogens is 452 g/mol. The van der Waals surface area contributed by atoms with E-state index in [9.17, 15) is 19.2 Å². The molecule has 0 aliphatic carbocycles. The summed E-state index contributed by atoms with van der Waals surface area (Å²) in [5, 5.41) is 5.34. The van der Waals surface area contributed by atoms with Gasteiger partial charge in [-0.05, 0) is 24.4 Å². The molecule has 0 saturated carbocycles. The minimum Gasteiger partial charge on any atom is -0.455 e. The van der Waals surface area contributed by atoms with Crippen LogP contribution in [0.1, 0.15) is 29.3 Å². The molecule has 184 valence electrons. The number of esters is 2. The highest BCUT2D eigenvalue weighted by Crippen LogP contribution is 2.16. The maximum Gasteiger partial charge on any atom is 0.408 e. The number of carbonyl (C=O) groups is 4. The molecule has 0 radical (unpaired) electrons. The lowest BCUT2D eigenvalue weighted by molar-refractivity contribution is -0.147. The van der Waals surface area contributed by atoms with Gasteiger partial charge in [-0.2, -0.15) is 0 Å². The van der Waals surface area contributed by atoms with Crippen molar-refractivity contribution in [3.8, 4) is 0 Å². The number of hydrogen-bond acceptors (Lipinski definition) is 8. The molecule has 1 aliphatic heterocycles. The molecule has 9 nitrogen and oxygen atoms in total. The first-order valence-electron chi connectivity index (χ1n) is 11.2. The number of benzene rings is 2. The minimum absolute atomic E-state index is 0.0446. The summed E-state index contributed by atoms with van der Waals surface area (Å²) in [7, 11) is 0. The van der Waals surface area contributed by atoms with Gasteiger partial charge in [-0.25, -0.2) is 14.4 Å². The van der Waals surface area contributed by atoms with Crippen LogP contribution in [0.15, 0.2) is 73.0 Å². The fourth-order valence-electron chi connectivity index (χ4n) is 3.43. The lowest BCUT2D eigenvalue weighted by Crippen LogP contribution is -2.45. The van der Waals surface area contributed by atoms with E-state index in [1.165, 1.54) is 0 Å². The van der Waals surface area contributed by atoms with Crippen molar-refractivity contribution in [2.24, 2.45) is 5.92 Å². The van der Waals surface area contributed by atoms with Gasteiger partial charge in [-0.3, -0.25) is 4.79 Å². The average Bonchev–Trinajstić information content (AvgIpc) is 3.31. The Hall–Kier alpha value is -3.98. The number of ether oxygens (including phenoxy) is 3. The van der Waals surface area contributed by atoms with Gasteiger partial charge in [-0.15, -0.1) is 0 Å². The highest BCUT2D eigenvalue weighted by molar-refractivity contribution is 5.98. The fraction of sp³-hybridized carbons (Fsp3) is 0.308. The number of nitrogens with one attached hydrogen (secondary N) is 2. The normalized spacial score (nSPS) is 17.6. The van der Waals surface area contributed by atoms with E-state index in [0.717, 1.165) is 5.56 Å². The van der Waals surface area contributed by atoms with Gasteiger partial charge in [0.25, 0.3) is 0 Å². The number of amides is 1. The first kappa shape index (κ1) is 25.6. The van der Waals surface area contributed by atoms with Crippen molar-refractivity contribution in [2.45, 2.75) is 32.0 Å². The van der Waals surface area contributed by atoms with Crippen LogP contribution in [-0.4, -0.2) is 49.1 Å². The predicted molar refractivity (Wildman–Crippen MR) is 126 cm³/mol. The van der Waals surface area contributed by atoms with E-state index in [4.69, 9.17) is 14.2 Å². The van der Waals surface area contributed by atoms with E-state index in [-0.39, 0.29) is 18.3 Å². The van der Waals surface area contributed by atoms with E-state index >= 15 is 0 Å². The molecular formula is C26H28N2O7. The number of hydrogen-bond donors (Lipinski definition) is 2. The molecule has 3 rings (SSSR count). The van der Waals surface area contributed by atoms with Crippen molar-refractivity contribution in [3.05, 3.63) is 84.1 Å². The summed E-state index contributed by atoms with van der Waals surface area (Å²) in [5.74, 6) is -2.13. The van der Waals surface area contributed by atoms with Crippen molar-refractivity contribution in [2.75, 3.05) is 13.2 Å². The summed E-state index contributed by atoms with van der Waals surface area (Å²) >= 11 is 0. The maximum atomic E-state index is 12.8. The Balaban J connectivity index is 1.62. The van der Waals surface area contributed by atoms with E-state index in [2.05, 4.69) is 17.2 Å². The molecule has 0 aromatic heterocycles. The van der Waals surface area contributed by atoms with Crippen LogP contribution >= 0.6 is 0 Å². The quantitative estimate of drug-likeness (QED) is 0.231. The smallest absolute Gasteiger partial charge is 0.408 e. The van der Waals surface area contributed by atoms with Crippen LogP contribution in [0.5, 0.6) is 0 Å². The van der Waals surface area contributed by atoms with Crippen molar-refractivity contribution in [3.63, 3.8) is 0 Å². The molecule has 35 heavy (non-hydrogen) atoms. The molecule has 1 saturated heterocycles. The second kappa shape index (κ2) is 12.5. The lowest BCUT2D eigenvalue weighted by Gasteiger charge is -2.20. The van der Waals surface area contributed by atoms with Gasteiger partial charge in [0, 0.05) is 5.56 Å². The molecule has 2 aromatic rings. The second-order valence-electron chi connectivity index (χ2n) is 8.23. The zero-order chi connectivity index (χ0) is 25.2. The molecule has 1 heterocycles. The average molecular weight is 481 g/mol. The third-order valence-corrected chi connectivity index (χ3v) is 5.34. The molecule has 9 heteroatoms. The number of alkyl carbamates (subject to hydrolysis) is 1. The number of ketones is 1. The summed E-state index contributed by atoms with van der Waals surface area (Å²) in [6.45, 7) is 5.67. The number of Topliss-reactive ketones (excluding diaryl/α,β-unsaturated/α-hetero) is 1. The molecule has 1 amide bonds. The van der Waals surface area contributed by atoms with Crippen LogP contribution < -0.4 is 10.6 Å². The molecule has 0 unspecified atom stereocenters. The van der Waals surface area contributed by atoms with Crippen LogP contribution in [0.25, 0.3) is 0 Å². The molecule has 3 atom stereocenters. The highest BCUT2D eigenvalue weighted by atomic mass is 16.6. The van der Waals surface area contributed by atoms with Crippen LogP contribution in [-0.2, 0) is 30.4 Å². The van der Waals surface area contributed by atoms with Crippen LogP contribution in [0.4, 0.5) is 4.79 Å². The second-order valence-corrected chi connectivity index (χ2v) is 8.23. The van der Waals surface area contributed by atoms with E-state index in [1.807, 2.05) is 13.0 Å². The van der Waals surface area contributed by atoms with Gasteiger partial charge < -0.3 is 24.8 Å². The van der Waals surface area contributed by atoms with Gasteiger partial charge in [0.2, 0.25) is 0 Å². The topological polar surface area (TPSA) is 120 Å². The Morgan fingerprint density at radius 1 is 1.03 bits per heavy atom. The van der Waals surface area contributed by atoms with Gasteiger partial charge in [0.1, 0.15) is 18.4 Å². The fourth-order valence-corrected chi connectivity index (χ4v) is 3.43. The zero-order valence-electron chi connectivity index (χ0n) is 19.4. The van der Waals surface area contributed by atoms with Gasteiger partial charge in [0.05, 0.1) is 0 Å². The Morgan fingerprint density at radius 3 is 2.31 bits per heavy atom. The third kappa shape index (κ3) is 7.79. The molecule has 0 spiro atoms. The maximum absolute atomic E-state index is 12.8. The van der Waals surface area contributed by atoms with Crippen LogP contribution in [0.3, 0.4) is 0 Å². The molecule has 2 aromatic carbocycles. The Kier molecular flexibility index (Phi) is 9.14. The summed E-state index contributed by atoms with van der Waals surface area (Å²) in [5.41, 5.74) is 1.10. The summed E-state index contributed by atoms with van der Waals surface area (Å²) in [6, 6.07) is 15.1. The largest absolute Gasteiger partial charge is 0.455 e. The van der Waals surface area contributed by atoms with Crippen molar-refractivity contribution in [1.29, 1.82) is 0 Å². The first-order valence-corrected chi connectivity index (χ1v) is 11.2. The Morgan fingerprint density at radius 2 is 1.69 bits per heavy atom. The lowest BCUT2D eigenvalue weighted by atomic mass is 10.1. The number of rotatable bonds is 10. The van der Waals surface area contributed by atoms with Crippen LogP contribution in [0.2, 0.25) is 0 Å². The zero-order valence-corrected chi connectivity index (χ0v) is 19.4.